The topological polar surface area (TPSA) is 94.8 Å². The van der Waals surface area contributed by atoms with Crippen LogP contribution in [0.1, 0.15) is 32.6 Å². The molecule has 0 aromatic carbocycles. The van der Waals surface area contributed by atoms with Crippen LogP contribution < -0.4 is 0 Å². The zero-order valence-corrected chi connectivity index (χ0v) is 8.85. The molecular weight excluding hydrogens is 200 g/mol. The average molecular weight is 218 g/mol. The first-order valence-corrected chi connectivity index (χ1v) is 4.79. The van der Waals surface area contributed by atoms with Crippen LogP contribution in [0.2, 0.25) is 0 Å². The lowest BCUT2D eigenvalue weighted by Gasteiger charge is -1.90. The Labute approximate surface area is 89.0 Å². The summed E-state index contributed by atoms with van der Waals surface area (Å²) < 4.78 is 0. The summed E-state index contributed by atoms with van der Waals surface area (Å²) in [5.41, 5.74) is 0. The Hall–Kier alpha value is -1.36. The number of rotatable bonds is 6. The van der Waals surface area contributed by atoms with Crippen LogP contribution in [0.3, 0.4) is 0 Å². The van der Waals surface area contributed by atoms with E-state index in [-0.39, 0.29) is 0 Å². The highest BCUT2D eigenvalue weighted by Gasteiger charge is 1.88. The molecule has 0 aromatic heterocycles. The van der Waals surface area contributed by atoms with Gasteiger partial charge in [0.1, 0.15) is 0 Å². The lowest BCUT2D eigenvalue weighted by atomic mass is 10.2. The molecule has 0 aliphatic rings. The number of carbonyl (C=O) groups is 2. The van der Waals surface area contributed by atoms with Crippen LogP contribution >= 0.6 is 0 Å². The summed E-state index contributed by atoms with van der Waals surface area (Å²) in [5, 5.41) is 23.9. The summed E-state index contributed by atoms with van der Waals surface area (Å²) in [4.78, 5) is 19.1. The molecular formula is C10H18O5. The minimum Gasteiger partial charge on any atom is -0.478 e. The highest BCUT2D eigenvalue weighted by Crippen LogP contribution is 1.96. The van der Waals surface area contributed by atoms with E-state index in [9.17, 15) is 9.59 Å². The summed E-state index contributed by atoms with van der Waals surface area (Å²) >= 11 is 0. The summed E-state index contributed by atoms with van der Waals surface area (Å²) in [6, 6.07) is 0. The lowest BCUT2D eigenvalue weighted by molar-refractivity contribution is -0.134. The Kier molecular flexibility index (Phi) is 13.6. The first-order valence-electron chi connectivity index (χ1n) is 4.79. The van der Waals surface area contributed by atoms with E-state index in [1.165, 1.54) is 19.3 Å². The zero-order chi connectivity index (χ0) is 12.1. The Bertz CT molecular complexity index is 178. The first kappa shape index (κ1) is 16.1. The van der Waals surface area contributed by atoms with Gasteiger partial charge >= 0.3 is 11.9 Å². The van der Waals surface area contributed by atoms with Gasteiger partial charge in [0.05, 0.1) is 0 Å². The van der Waals surface area contributed by atoms with Crippen molar-refractivity contribution in [2.75, 3.05) is 6.61 Å². The van der Waals surface area contributed by atoms with Crippen molar-refractivity contribution in [1.29, 1.82) is 0 Å². The van der Waals surface area contributed by atoms with E-state index in [0.29, 0.717) is 18.8 Å². The van der Waals surface area contributed by atoms with Crippen LogP contribution in [0.25, 0.3) is 0 Å². The van der Waals surface area contributed by atoms with Gasteiger partial charge in [-0.05, 0) is 6.42 Å². The Morgan fingerprint density at radius 2 is 1.47 bits per heavy atom. The van der Waals surface area contributed by atoms with Crippen LogP contribution in [0, 0.1) is 0 Å². The minimum absolute atomic E-state index is 0.361. The smallest absolute Gasteiger partial charge is 0.328 e. The first-order chi connectivity index (χ1) is 7.04. The average Bonchev–Trinajstić information content (AvgIpc) is 2.17. The van der Waals surface area contributed by atoms with Crippen LogP contribution in [0.15, 0.2) is 12.2 Å². The quantitative estimate of drug-likeness (QED) is 0.461. The molecule has 0 aliphatic carbocycles. The maximum Gasteiger partial charge on any atom is 0.328 e. The normalized spacial score (nSPS) is 9.47. The van der Waals surface area contributed by atoms with Gasteiger partial charge in [0.2, 0.25) is 0 Å². The molecule has 0 saturated heterocycles. The molecule has 0 rings (SSSR count). The van der Waals surface area contributed by atoms with Crippen molar-refractivity contribution in [2.24, 2.45) is 0 Å². The van der Waals surface area contributed by atoms with Crippen LogP contribution in [-0.4, -0.2) is 33.9 Å². The molecule has 88 valence electrons. The summed E-state index contributed by atoms with van der Waals surface area (Å²) in [7, 11) is 0. The van der Waals surface area contributed by atoms with Crippen LogP contribution in [0.5, 0.6) is 0 Å². The van der Waals surface area contributed by atoms with Gasteiger partial charge in [-0.3, -0.25) is 0 Å². The Morgan fingerprint density at radius 1 is 1.00 bits per heavy atom. The molecule has 0 radical (unpaired) electrons. The highest BCUT2D eigenvalue weighted by atomic mass is 16.4. The molecule has 0 spiro atoms. The standard InChI is InChI=1S/C6H14O.C4H4O4/c1-2-3-4-5-6-7;5-3(6)1-2-4(7)8/h7H,2-6H2,1H3;1-2H,(H,5,6)(H,7,8). The number of aliphatic carboxylic acids is 2. The van der Waals surface area contributed by atoms with E-state index in [1.807, 2.05) is 0 Å². The molecule has 0 aromatic rings. The van der Waals surface area contributed by atoms with Gasteiger partial charge in [-0.1, -0.05) is 26.2 Å². The largest absolute Gasteiger partial charge is 0.478 e. The number of unbranched alkanes of at least 4 members (excludes halogenated alkanes) is 3. The van der Waals surface area contributed by atoms with Gasteiger partial charge in [-0.2, -0.15) is 0 Å². The number of aliphatic hydroxyl groups is 1. The van der Waals surface area contributed by atoms with Crippen molar-refractivity contribution < 1.29 is 24.9 Å². The SMILES string of the molecule is CCCCCCO.O=C(O)C=CC(=O)O. The molecule has 5 nitrogen and oxygen atoms in total. The van der Waals surface area contributed by atoms with E-state index >= 15 is 0 Å². The van der Waals surface area contributed by atoms with Gasteiger partial charge in [-0.15, -0.1) is 0 Å². The predicted molar refractivity (Wildman–Crippen MR) is 55.6 cm³/mol. The van der Waals surface area contributed by atoms with Crippen molar-refractivity contribution >= 4 is 11.9 Å². The van der Waals surface area contributed by atoms with E-state index in [1.54, 1.807) is 0 Å². The fraction of sp³-hybridized carbons (Fsp3) is 0.600. The molecule has 0 saturated carbocycles. The van der Waals surface area contributed by atoms with E-state index < -0.39 is 11.9 Å². The summed E-state index contributed by atoms with van der Waals surface area (Å²) in [6.45, 7) is 2.53. The number of carboxylic acids is 2. The second-order valence-electron chi connectivity index (χ2n) is 2.79. The zero-order valence-electron chi connectivity index (χ0n) is 8.85. The predicted octanol–water partition coefficient (Wildman–Crippen LogP) is 1.27. The van der Waals surface area contributed by atoms with Crippen molar-refractivity contribution in [3.63, 3.8) is 0 Å². The van der Waals surface area contributed by atoms with Gasteiger partial charge in [-0.25, -0.2) is 9.59 Å². The monoisotopic (exact) mass is 218 g/mol. The van der Waals surface area contributed by atoms with E-state index in [0.717, 1.165) is 6.42 Å². The number of aliphatic hydroxyl groups excluding tert-OH is 1. The molecule has 0 unspecified atom stereocenters. The Morgan fingerprint density at radius 3 is 1.73 bits per heavy atom. The van der Waals surface area contributed by atoms with E-state index in [4.69, 9.17) is 15.3 Å². The van der Waals surface area contributed by atoms with Gasteiger partial charge in [0.15, 0.2) is 0 Å². The second-order valence-corrected chi connectivity index (χ2v) is 2.79. The third-order valence-electron chi connectivity index (χ3n) is 1.38. The van der Waals surface area contributed by atoms with Crippen molar-refractivity contribution in [3.8, 4) is 0 Å². The molecule has 5 heteroatoms. The van der Waals surface area contributed by atoms with Gasteiger partial charge in [0.25, 0.3) is 0 Å². The third-order valence-corrected chi connectivity index (χ3v) is 1.38. The molecule has 0 atom stereocenters. The molecule has 15 heavy (non-hydrogen) atoms. The molecule has 0 aliphatic heterocycles. The number of hydrogen-bond acceptors (Lipinski definition) is 3. The molecule has 0 bridgehead atoms. The lowest BCUT2D eigenvalue weighted by Crippen LogP contribution is -1.91. The van der Waals surface area contributed by atoms with Gasteiger partial charge in [0, 0.05) is 18.8 Å². The highest BCUT2D eigenvalue weighted by molar-refractivity contribution is 5.89. The molecule has 3 N–H and O–H groups in total. The van der Waals surface area contributed by atoms with E-state index in [2.05, 4.69) is 6.92 Å². The summed E-state index contributed by atoms with van der Waals surface area (Å²) in [6.07, 6.45) is 5.80. The minimum atomic E-state index is -1.26. The summed E-state index contributed by atoms with van der Waals surface area (Å²) in [5.74, 6) is -2.51. The van der Waals surface area contributed by atoms with Crippen molar-refractivity contribution in [2.45, 2.75) is 32.6 Å². The molecule has 0 amide bonds. The fourth-order valence-corrected chi connectivity index (χ4v) is 0.681. The maximum atomic E-state index is 9.55. The van der Waals surface area contributed by atoms with Gasteiger partial charge < -0.3 is 15.3 Å². The number of carboxylic acid groups (broad SMARTS) is 2. The fourth-order valence-electron chi connectivity index (χ4n) is 0.681. The second kappa shape index (κ2) is 12.6. The molecule has 0 fully saturated rings. The van der Waals surface area contributed by atoms with Crippen molar-refractivity contribution in [1.82, 2.24) is 0 Å². The maximum absolute atomic E-state index is 9.55. The van der Waals surface area contributed by atoms with Crippen molar-refractivity contribution in [3.05, 3.63) is 12.2 Å². The van der Waals surface area contributed by atoms with Crippen LogP contribution in [-0.2, 0) is 9.59 Å². The van der Waals surface area contributed by atoms with Crippen LogP contribution in [0.4, 0.5) is 0 Å². The Balaban J connectivity index is 0. The number of hydrogen-bond donors (Lipinski definition) is 3. The molecule has 0 heterocycles. The third kappa shape index (κ3) is 24.5.